The van der Waals surface area contributed by atoms with E-state index in [4.69, 9.17) is 0 Å². The normalized spacial score (nSPS) is 18.2. The Balaban J connectivity index is 1.54. The molecule has 90 valence electrons. The molecule has 2 aromatic rings. The van der Waals surface area contributed by atoms with Gasteiger partial charge in [0.15, 0.2) is 0 Å². The molecule has 1 aliphatic heterocycles. The summed E-state index contributed by atoms with van der Waals surface area (Å²) in [4.78, 5) is 0. The first-order valence-corrected chi connectivity index (χ1v) is 6.31. The third-order valence-corrected chi connectivity index (χ3v) is 3.17. The van der Waals surface area contributed by atoms with E-state index in [1.54, 1.807) is 0 Å². The average molecular weight is 236 g/mol. The molecule has 1 fully saturated rings. The van der Waals surface area contributed by atoms with Crippen LogP contribution in [-0.2, 0) is 6.42 Å². The van der Waals surface area contributed by atoms with E-state index in [1.165, 1.54) is 11.1 Å². The lowest BCUT2D eigenvalue weighted by molar-refractivity contribution is 0.555. The van der Waals surface area contributed by atoms with Gasteiger partial charge in [0.25, 0.3) is 0 Å². The van der Waals surface area contributed by atoms with Crippen LogP contribution in [0.5, 0.6) is 0 Å². The molecule has 1 heterocycles. The molecule has 0 spiro atoms. The van der Waals surface area contributed by atoms with Crippen LogP contribution in [0.4, 0.5) is 0 Å². The third-order valence-electron chi connectivity index (χ3n) is 3.17. The molecular formula is C16H16N2. The molecule has 3 rings (SSSR count). The maximum absolute atomic E-state index is 4.50. The molecule has 1 atom stereocenters. The second-order valence-electron chi connectivity index (χ2n) is 4.54. The summed E-state index contributed by atoms with van der Waals surface area (Å²) in [6.45, 7) is 1.04. The van der Waals surface area contributed by atoms with E-state index in [0.29, 0.717) is 6.04 Å². The molecular weight excluding hydrogens is 220 g/mol. The first-order valence-electron chi connectivity index (χ1n) is 6.31. The summed E-state index contributed by atoms with van der Waals surface area (Å²) in [5.74, 6) is 0. The van der Waals surface area contributed by atoms with Crippen LogP contribution in [0.3, 0.4) is 0 Å². The Kier molecular flexibility index (Phi) is 3.09. The third kappa shape index (κ3) is 2.59. The molecule has 2 heteroatoms. The number of hydrazone groups is 1. The molecule has 0 N–H and O–H groups in total. The van der Waals surface area contributed by atoms with Crippen LogP contribution in [0.15, 0.2) is 65.8 Å². The van der Waals surface area contributed by atoms with Gasteiger partial charge in [-0.1, -0.05) is 60.7 Å². The highest BCUT2D eigenvalue weighted by Gasteiger charge is 2.33. The summed E-state index contributed by atoms with van der Waals surface area (Å²) in [6.07, 6.45) is 2.90. The van der Waals surface area contributed by atoms with E-state index in [1.807, 2.05) is 12.3 Å². The minimum atomic E-state index is 0.484. The number of benzene rings is 2. The molecule has 0 aromatic heterocycles. The Bertz CT molecular complexity index is 519. The number of hydrogen-bond acceptors (Lipinski definition) is 2. The minimum Gasteiger partial charge on any atom is -0.286 e. The van der Waals surface area contributed by atoms with Crippen LogP contribution in [0.1, 0.15) is 17.2 Å². The van der Waals surface area contributed by atoms with Crippen molar-refractivity contribution in [2.75, 3.05) is 6.54 Å². The quantitative estimate of drug-likeness (QED) is 0.587. The molecule has 0 amide bonds. The van der Waals surface area contributed by atoms with Gasteiger partial charge in [0.2, 0.25) is 0 Å². The lowest BCUT2D eigenvalue weighted by Crippen LogP contribution is -1.91. The maximum Gasteiger partial charge on any atom is 0.0912 e. The lowest BCUT2D eigenvalue weighted by Gasteiger charge is -1.99. The highest BCUT2D eigenvalue weighted by atomic mass is 15.6. The van der Waals surface area contributed by atoms with Crippen LogP contribution < -0.4 is 0 Å². The van der Waals surface area contributed by atoms with E-state index < -0.39 is 0 Å². The van der Waals surface area contributed by atoms with Crippen LogP contribution in [0, 0.1) is 0 Å². The van der Waals surface area contributed by atoms with Crippen molar-refractivity contribution in [2.24, 2.45) is 5.10 Å². The standard InChI is InChI=1S/C16H16N2/c1-3-7-14(8-4-1)11-12-17-18-13-16(18)15-9-5-2-6-10-15/h1-10,12,16H,11,13H2/b17-12+. The number of rotatable bonds is 4. The maximum atomic E-state index is 4.50. The molecule has 1 unspecified atom stereocenters. The van der Waals surface area contributed by atoms with E-state index in [2.05, 4.69) is 64.7 Å². The van der Waals surface area contributed by atoms with Crippen LogP contribution in [-0.4, -0.2) is 17.8 Å². The summed E-state index contributed by atoms with van der Waals surface area (Å²) in [7, 11) is 0. The van der Waals surface area contributed by atoms with Crippen molar-refractivity contribution >= 4 is 6.21 Å². The molecule has 1 aliphatic rings. The Morgan fingerprint density at radius 3 is 2.39 bits per heavy atom. The van der Waals surface area contributed by atoms with Gasteiger partial charge < -0.3 is 0 Å². The largest absolute Gasteiger partial charge is 0.286 e. The van der Waals surface area contributed by atoms with Crippen molar-refractivity contribution in [2.45, 2.75) is 12.5 Å². The SMILES string of the molecule is C(/Cc1ccccc1)=N\N1CC1c1ccccc1. The monoisotopic (exact) mass is 236 g/mol. The van der Waals surface area contributed by atoms with Crippen LogP contribution >= 0.6 is 0 Å². The zero-order valence-electron chi connectivity index (χ0n) is 10.2. The Hall–Kier alpha value is -2.09. The molecule has 0 saturated carbocycles. The van der Waals surface area contributed by atoms with Crippen LogP contribution in [0.2, 0.25) is 0 Å². The van der Waals surface area contributed by atoms with Gasteiger partial charge in [-0.05, 0) is 11.1 Å². The topological polar surface area (TPSA) is 15.4 Å². The average Bonchev–Trinajstić information content (AvgIpc) is 3.21. The fourth-order valence-electron chi connectivity index (χ4n) is 2.08. The van der Waals surface area contributed by atoms with E-state index >= 15 is 0 Å². The van der Waals surface area contributed by atoms with Gasteiger partial charge >= 0.3 is 0 Å². The first-order chi connectivity index (χ1) is 8.93. The molecule has 0 bridgehead atoms. The van der Waals surface area contributed by atoms with Gasteiger partial charge in [0.1, 0.15) is 0 Å². The van der Waals surface area contributed by atoms with Crippen molar-refractivity contribution in [3.8, 4) is 0 Å². The zero-order valence-corrected chi connectivity index (χ0v) is 10.2. The molecule has 0 radical (unpaired) electrons. The highest BCUT2D eigenvalue weighted by molar-refractivity contribution is 5.61. The highest BCUT2D eigenvalue weighted by Crippen LogP contribution is 2.34. The summed E-state index contributed by atoms with van der Waals surface area (Å²) in [5, 5.41) is 6.62. The van der Waals surface area contributed by atoms with Crippen molar-refractivity contribution in [3.05, 3.63) is 71.8 Å². The Labute approximate surface area is 108 Å². The van der Waals surface area contributed by atoms with Gasteiger partial charge in [-0.3, -0.25) is 5.01 Å². The predicted molar refractivity (Wildman–Crippen MR) is 74.5 cm³/mol. The number of hydrogen-bond donors (Lipinski definition) is 0. The predicted octanol–water partition coefficient (Wildman–Crippen LogP) is 3.27. The lowest BCUT2D eigenvalue weighted by atomic mass is 10.2. The van der Waals surface area contributed by atoms with Crippen LogP contribution in [0.25, 0.3) is 0 Å². The molecule has 18 heavy (non-hydrogen) atoms. The van der Waals surface area contributed by atoms with Gasteiger partial charge in [0, 0.05) is 12.6 Å². The first kappa shape index (κ1) is 11.0. The van der Waals surface area contributed by atoms with Gasteiger partial charge in [-0.2, -0.15) is 5.10 Å². The zero-order chi connectivity index (χ0) is 12.2. The van der Waals surface area contributed by atoms with Crippen molar-refractivity contribution in [1.29, 1.82) is 0 Å². The van der Waals surface area contributed by atoms with Crippen molar-refractivity contribution in [1.82, 2.24) is 5.01 Å². The van der Waals surface area contributed by atoms with E-state index in [9.17, 15) is 0 Å². The number of nitrogens with zero attached hydrogens (tertiary/aromatic N) is 2. The molecule has 2 nitrogen and oxygen atoms in total. The Morgan fingerprint density at radius 2 is 1.67 bits per heavy atom. The molecule has 0 aliphatic carbocycles. The van der Waals surface area contributed by atoms with Crippen molar-refractivity contribution in [3.63, 3.8) is 0 Å². The smallest absolute Gasteiger partial charge is 0.0912 e. The summed E-state index contributed by atoms with van der Waals surface area (Å²) in [6, 6.07) is 21.4. The van der Waals surface area contributed by atoms with E-state index in [-0.39, 0.29) is 0 Å². The molecule has 2 aromatic carbocycles. The fourth-order valence-corrected chi connectivity index (χ4v) is 2.08. The van der Waals surface area contributed by atoms with Crippen molar-refractivity contribution < 1.29 is 0 Å². The van der Waals surface area contributed by atoms with Gasteiger partial charge in [-0.15, -0.1) is 0 Å². The second kappa shape index (κ2) is 5.05. The fraction of sp³-hybridized carbons (Fsp3) is 0.188. The van der Waals surface area contributed by atoms with Gasteiger partial charge in [-0.25, -0.2) is 0 Å². The molecule has 1 saturated heterocycles. The summed E-state index contributed by atoms with van der Waals surface area (Å²) >= 11 is 0. The second-order valence-corrected chi connectivity index (χ2v) is 4.54. The van der Waals surface area contributed by atoms with Gasteiger partial charge in [0.05, 0.1) is 12.6 Å². The Morgan fingerprint density at radius 1 is 1.00 bits per heavy atom. The van der Waals surface area contributed by atoms with E-state index in [0.717, 1.165) is 13.0 Å². The summed E-state index contributed by atoms with van der Waals surface area (Å²) in [5.41, 5.74) is 2.66. The minimum absolute atomic E-state index is 0.484. The summed E-state index contributed by atoms with van der Waals surface area (Å²) < 4.78 is 0.